The molecule has 2 atom stereocenters. The largest absolute Gasteiger partial charge is 0.393 e. The smallest absolute Gasteiger partial charge is 0.0768 e. The Morgan fingerprint density at radius 3 is 2.53 bits per heavy atom. The second-order valence-electron chi connectivity index (χ2n) is 4.44. The number of hydrogen-bond acceptors (Lipinski definition) is 2. The minimum atomic E-state index is 0.208. The highest BCUT2D eigenvalue weighted by atomic mass is 35.5. The van der Waals surface area contributed by atoms with Crippen LogP contribution in [0.2, 0.25) is 5.02 Å². The third-order valence-corrected chi connectivity index (χ3v) is 3.81. The van der Waals surface area contributed by atoms with Crippen LogP contribution < -0.4 is 5.73 Å². The van der Waals surface area contributed by atoms with Crippen molar-refractivity contribution in [1.82, 2.24) is 4.90 Å². The Morgan fingerprint density at radius 1 is 1.41 bits per heavy atom. The molecule has 2 nitrogen and oxygen atoms in total. The van der Waals surface area contributed by atoms with Crippen molar-refractivity contribution in [3.8, 4) is 0 Å². The molecular formula is C13H19ClN2S. The van der Waals surface area contributed by atoms with E-state index in [9.17, 15) is 0 Å². The molecule has 0 radical (unpaired) electrons. The summed E-state index contributed by atoms with van der Waals surface area (Å²) in [5, 5.41) is 0.801. The zero-order chi connectivity index (χ0) is 13.0. The first-order valence-electron chi connectivity index (χ1n) is 5.67. The molecule has 1 rings (SSSR count). The Bertz CT molecular complexity index is 395. The fourth-order valence-corrected chi connectivity index (χ4v) is 2.10. The molecule has 94 valence electrons. The predicted octanol–water partition coefficient (Wildman–Crippen LogP) is 3.26. The van der Waals surface area contributed by atoms with E-state index in [0.29, 0.717) is 4.99 Å². The summed E-state index contributed by atoms with van der Waals surface area (Å²) in [5.41, 5.74) is 6.76. The van der Waals surface area contributed by atoms with Gasteiger partial charge in [0.05, 0.1) is 4.99 Å². The second-order valence-corrected chi connectivity index (χ2v) is 5.32. The van der Waals surface area contributed by atoms with Gasteiger partial charge in [0.25, 0.3) is 0 Å². The topological polar surface area (TPSA) is 29.3 Å². The first-order valence-corrected chi connectivity index (χ1v) is 6.46. The van der Waals surface area contributed by atoms with Gasteiger partial charge in [-0.3, -0.25) is 4.90 Å². The summed E-state index contributed by atoms with van der Waals surface area (Å²) in [6.07, 6.45) is 0. The van der Waals surface area contributed by atoms with Gasteiger partial charge in [0.2, 0.25) is 0 Å². The summed E-state index contributed by atoms with van der Waals surface area (Å²) in [6, 6.07) is 8.16. The molecular weight excluding hydrogens is 252 g/mol. The van der Waals surface area contributed by atoms with Gasteiger partial charge in [-0.1, -0.05) is 48.9 Å². The lowest BCUT2D eigenvalue weighted by Crippen LogP contribution is -2.33. The van der Waals surface area contributed by atoms with Crippen molar-refractivity contribution in [2.45, 2.75) is 19.9 Å². The molecule has 2 unspecified atom stereocenters. The SMILES string of the molecule is CC(CN(C)C(C)c1ccccc1Cl)C(N)=S. The molecule has 0 aliphatic rings. The first kappa shape index (κ1) is 14.4. The van der Waals surface area contributed by atoms with Crippen LogP contribution >= 0.6 is 23.8 Å². The molecule has 0 amide bonds. The minimum Gasteiger partial charge on any atom is -0.393 e. The molecule has 2 N–H and O–H groups in total. The van der Waals surface area contributed by atoms with E-state index in [-0.39, 0.29) is 12.0 Å². The molecule has 4 heteroatoms. The van der Waals surface area contributed by atoms with E-state index in [1.807, 2.05) is 25.1 Å². The van der Waals surface area contributed by atoms with Gasteiger partial charge in [-0.2, -0.15) is 0 Å². The average molecular weight is 271 g/mol. The average Bonchev–Trinajstić information content (AvgIpc) is 2.28. The van der Waals surface area contributed by atoms with Crippen LogP contribution in [0.25, 0.3) is 0 Å². The number of hydrogen-bond donors (Lipinski definition) is 1. The molecule has 0 aliphatic heterocycles. The Hall–Kier alpha value is -0.640. The van der Waals surface area contributed by atoms with E-state index >= 15 is 0 Å². The lowest BCUT2D eigenvalue weighted by atomic mass is 10.1. The van der Waals surface area contributed by atoms with Gasteiger partial charge in [0.1, 0.15) is 0 Å². The molecule has 1 aromatic rings. The van der Waals surface area contributed by atoms with Crippen molar-refractivity contribution < 1.29 is 0 Å². The van der Waals surface area contributed by atoms with E-state index in [1.54, 1.807) is 0 Å². The number of nitrogens with two attached hydrogens (primary N) is 1. The molecule has 0 saturated carbocycles. The highest BCUT2D eigenvalue weighted by Gasteiger charge is 2.17. The van der Waals surface area contributed by atoms with Gasteiger partial charge in [0.15, 0.2) is 0 Å². The molecule has 0 spiro atoms. The van der Waals surface area contributed by atoms with Gasteiger partial charge < -0.3 is 5.73 Å². The normalized spacial score (nSPS) is 14.6. The van der Waals surface area contributed by atoms with Gasteiger partial charge >= 0.3 is 0 Å². The maximum Gasteiger partial charge on any atom is 0.0768 e. The highest BCUT2D eigenvalue weighted by molar-refractivity contribution is 7.80. The minimum absolute atomic E-state index is 0.208. The van der Waals surface area contributed by atoms with Crippen LogP contribution in [0, 0.1) is 5.92 Å². The second kappa shape index (κ2) is 6.34. The summed E-state index contributed by atoms with van der Waals surface area (Å²) in [4.78, 5) is 2.77. The monoisotopic (exact) mass is 270 g/mol. The Labute approximate surface area is 114 Å². The van der Waals surface area contributed by atoms with Crippen LogP contribution in [0.3, 0.4) is 0 Å². The van der Waals surface area contributed by atoms with E-state index in [2.05, 4.69) is 24.9 Å². The van der Waals surface area contributed by atoms with Crippen LogP contribution in [-0.4, -0.2) is 23.5 Å². The molecule has 0 heterocycles. The Kier molecular flexibility index (Phi) is 5.37. The lowest BCUT2D eigenvalue weighted by molar-refractivity contribution is 0.247. The number of nitrogens with zero attached hydrogens (tertiary/aromatic N) is 1. The quantitative estimate of drug-likeness (QED) is 0.833. The number of halogens is 1. The summed E-state index contributed by atoms with van der Waals surface area (Å²) in [5.74, 6) is 0.208. The molecule has 0 fully saturated rings. The summed E-state index contributed by atoms with van der Waals surface area (Å²) >= 11 is 11.2. The van der Waals surface area contributed by atoms with E-state index in [1.165, 1.54) is 0 Å². The van der Waals surface area contributed by atoms with Crippen molar-refractivity contribution in [3.63, 3.8) is 0 Å². The van der Waals surface area contributed by atoms with Crippen molar-refractivity contribution in [3.05, 3.63) is 34.9 Å². The summed E-state index contributed by atoms with van der Waals surface area (Å²) in [6.45, 7) is 5.01. The standard InChI is InChI=1S/C13H19ClN2S/c1-9(13(15)17)8-16(3)10(2)11-6-4-5-7-12(11)14/h4-7,9-10H,8H2,1-3H3,(H2,15,17). The molecule has 0 saturated heterocycles. The van der Waals surface area contributed by atoms with Crippen molar-refractivity contribution in [2.75, 3.05) is 13.6 Å². The summed E-state index contributed by atoms with van der Waals surface area (Å²) in [7, 11) is 2.06. The van der Waals surface area contributed by atoms with Crippen molar-refractivity contribution >= 4 is 28.8 Å². The van der Waals surface area contributed by atoms with Gasteiger partial charge in [0, 0.05) is 23.5 Å². The van der Waals surface area contributed by atoms with Crippen LogP contribution in [0.1, 0.15) is 25.5 Å². The fourth-order valence-electron chi connectivity index (χ4n) is 1.73. The number of thiocarbonyl (C=S) groups is 1. The molecule has 0 bridgehead atoms. The van der Waals surface area contributed by atoms with Gasteiger partial charge in [-0.25, -0.2) is 0 Å². The van der Waals surface area contributed by atoms with Crippen LogP contribution in [-0.2, 0) is 0 Å². The Morgan fingerprint density at radius 2 is 2.00 bits per heavy atom. The van der Waals surface area contributed by atoms with Crippen molar-refractivity contribution in [1.29, 1.82) is 0 Å². The van der Waals surface area contributed by atoms with Crippen molar-refractivity contribution in [2.24, 2.45) is 11.7 Å². The number of benzene rings is 1. The summed E-state index contributed by atoms with van der Waals surface area (Å²) < 4.78 is 0. The predicted molar refractivity (Wildman–Crippen MR) is 78.4 cm³/mol. The number of rotatable bonds is 5. The van der Waals surface area contributed by atoms with E-state index < -0.39 is 0 Å². The first-order chi connectivity index (χ1) is 7.93. The van der Waals surface area contributed by atoms with E-state index in [4.69, 9.17) is 29.6 Å². The zero-order valence-electron chi connectivity index (χ0n) is 10.5. The lowest BCUT2D eigenvalue weighted by Gasteiger charge is -2.28. The maximum absolute atomic E-state index is 6.19. The molecule has 0 aliphatic carbocycles. The van der Waals surface area contributed by atoms with Crippen LogP contribution in [0.5, 0.6) is 0 Å². The van der Waals surface area contributed by atoms with Gasteiger partial charge in [-0.15, -0.1) is 0 Å². The molecule has 17 heavy (non-hydrogen) atoms. The fraction of sp³-hybridized carbons (Fsp3) is 0.462. The van der Waals surface area contributed by atoms with Gasteiger partial charge in [-0.05, 0) is 25.6 Å². The van der Waals surface area contributed by atoms with Crippen LogP contribution in [0.15, 0.2) is 24.3 Å². The zero-order valence-corrected chi connectivity index (χ0v) is 12.1. The molecule has 0 aromatic heterocycles. The van der Waals surface area contributed by atoms with E-state index in [0.717, 1.165) is 17.1 Å². The molecule has 1 aromatic carbocycles. The van der Waals surface area contributed by atoms with Crippen LogP contribution in [0.4, 0.5) is 0 Å². The Balaban J connectivity index is 2.73. The maximum atomic E-state index is 6.19. The highest BCUT2D eigenvalue weighted by Crippen LogP contribution is 2.26. The third kappa shape index (κ3) is 3.95. The third-order valence-electron chi connectivity index (χ3n) is 3.06.